The van der Waals surface area contributed by atoms with Gasteiger partial charge >= 0.3 is 0 Å². The Bertz CT molecular complexity index is 345. The molecule has 2 rings (SSSR count). The van der Waals surface area contributed by atoms with Crippen LogP contribution in [0.3, 0.4) is 0 Å². The molecule has 0 bridgehead atoms. The minimum atomic E-state index is 0.819. The lowest BCUT2D eigenvalue weighted by molar-refractivity contribution is 0.408. The monoisotopic (exact) mass is 219 g/mol. The Balaban J connectivity index is 1.83. The van der Waals surface area contributed by atoms with Crippen LogP contribution >= 0.6 is 0 Å². The van der Waals surface area contributed by atoms with Gasteiger partial charge in [-0.1, -0.05) is 17.7 Å². The summed E-state index contributed by atoms with van der Waals surface area (Å²) < 4.78 is 5.37. The third-order valence-corrected chi connectivity index (χ3v) is 3.07. The summed E-state index contributed by atoms with van der Waals surface area (Å²) in [6.07, 6.45) is 5.03. The van der Waals surface area contributed by atoms with Crippen molar-refractivity contribution in [3.05, 3.63) is 29.3 Å². The summed E-state index contributed by atoms with van der Waals surface area (Å²) >= 11 is 0. The number of benzene rings is 1. The molecule has 1 fully saturated rings. The second-order valence-corrected chi connectivity index (χ2v) is 4.65. The van der Waals surface area contributed by atoms with Crippen LogP contribution in [0, 0.1) is 6.92 Å². The molecule has 88 valence electrons. The van der Waals surface area contributed by atoms with Crippen LogP contribution in [0.15, 0.2) is 18.2 Å². The molecule has 1 saturated carbocycles. The van der Waals surface area contributed by atoms with Gasteiger partial charge in [-0.2, -0.15) is 0 Å². The molecule has 0 radical (unpaired) electrons. The largest absolute Gasteiger partial charge is 0.496 e. The quantitative estimate of drug-likeness (QED) is 0.743. The standard InChI is InChI=1S/C14H21NO/c1-11-5-8-14(16-2)12(10-11)4-3-9-15-13-6-7-13/h5,8,10,13,15H,3-4,6-7,9H2,1-2H3. The highest BCUT2D eigenvalue weighted by molar-refractivity contribution is 5.36. The van der Waals surface area contributed by atoms with Gasteiger partial charge in [-0.3, -0.25) is 0 Å². The molecule has 0 spiro atoms. The molecule has 1 N–H and O–H groups in total. The van der Waals surface area contributed by atoms with Crippen molar-refractivity contribution in [3.8, 4) is 5.75 Å². The number of rotatable bonds is 6. The van der Waals surface area contributed by atoms with Gasteiger partial charge in [0.2, 0.25) is 0 Å². The molecule has 0 aromatic heterocycles. The molecule has 0 unspecified atom stereocenters. The maximum atomic E-state index is 5.37. The van der Waals surface area contributed by atoms with Crippen molar-refractivity contribution >= 4 is 0 Å². The predicted octanol–water partition coefficient (Wildman–Crippen LogP) is 2.69. The summed E-state index contributed by atoms with van der Waals surface area (Å²) in [5.41, 5.74) is 2.64. The molecule has 16 heavy (non-hydrogen) atoms. The highest BCUT2D eigenvalue weighted by Crippen LogP contribution is 2.21. The smallest absolute Gasteiger partial charge is 0.122 e. The molecule has 0 heterocycles. The predicted molar refractivity (Wildman–Crippen MR) is 67.1 cm³/mol. The molecule has 1 aromatic carbocycles. The van der Waals surface area contributed by atoms with Crippen molar-refractivity contribution in [3.63, 3.8) is 0 Å². The summed E-state index contributed by atoms with van der Waals surface area (Å²) in [4.78, 5) is 0. The summed E-state index contributed by atoms with van der Waals surface area (Å²) in [6, 6.07) is 7.22. The molecular weight excluding hydrogens is 198 g/mol. The van der Waals surface area contributed by atoms with Gasteiger partial charge in [-0.05, 0) is 50.8 Å². The molecule has 1 aromatic rings. The summed E-state index contributed by atoms with van der Waals surface area (Å²) in [6.45, 7) is 3.26. The number of nitrogens with one attached hydrogen (secondary N) is 1. The van der Waals surface area contributed by atoms with Crippen molar-refractivity contribution in [1.29, 1.82) is 0 Å². The van der Waals surface area contributed by atoms with E-state index in [1.165, 1.54) is 30.4 Å². The van der Waals surface area contributed by atoms with Crippen LogP contribution in [-0.2, 0) is 6.42 Å². The molecule has 0 amide bonds. The zero-order chi connectivity index (χ0) is 11.4. The van der Waals surface area contributed by atoms with Crippen LogP contribution in [0.1, 0.15) is 30.4 Å². The molecule has 0 saturated heterocycles. The van der Waals surface area contributed by atoms with Gasteiger partial charge in [0.05, 0.1) is 7.11 Å². The van der Waals surface area contributed by atoms with E-state index >= 15 is 0 Å². The fourth-order valence-electron chi connectivity index (χ4n) is 1.98. The Hall–Kier alpha value is -1.02. The van der Waals surface area contributed by atoms with Gasteiger partial charge < -0.3 is 10.1 Å². The lowest BCUT2D eigenvalue weighted by Crippen LogP contribution is -2.17. The molecule has 1 aliphatic rings. The average molecular weight is 219 g/mol. The van der Waals surface area contributed by atoms with Crippen molar-refractivity contribution in [2.75, 3.05) is 13.7 Å². The van der Waals surface area contributed by atoms with E-state index in [1.54, 1.807) is 7.11 Å². The van der Waals surface area contributed by atoms with E-state index in [2.05, 4.69) is 30.4 Å². The zero-order valence-electron chi connectivity index (χ0n) is 10.3. The van der Waals surface area contributed by atoms with Crippen LogP contribution < -0.4 is 10.1 Å². The topological polar surface area (TPSA) is 21.3 Å². The summed E-state index contributed by atoms with van der Waals surface area (Å²) in [7, 11) is 1.75. The molecule has 0 atom stereocenters. The van der Waals surface area contributed by atoms with E-state index in [1.807, 2.05) is 0 Å². The van der Waals surface area contributed by atoms with Gasteiger partial charge in [-0.25, -0.2) is 0 Å². The Labute approximate surface area is 98.0 Å². The number of ether oxygens (including phenoxy) is 1. The van der Waals surface area contributed by atoms with Crippen molar-refractivity contribution in [1.82, 2.24) is 5.32 Å². The number of aryl methyl sites for hydroxylation is 2. The zero-order valence-corrected chi connectivity index (χ0v) is 10.3. The van der Waals surface area contributed by atoms with Crippen molar-refractivity contribution < 1.29 is 4.74 Å². The lowest BCUT2D eigenvalue weighted by Gasteiger charge is -2.09. The van der Waals surface area contributed by atoms with Crippen LogP contribution in [-0.4, -0.2) is 19.7 Å². The normalized spacial score (nSPS) is 15.1. The third-order valence-electron chi connectivity index (χ3n) is 3.07. The van der Waals surface area contributed by atoms with Crippen LogP contribution in [0.2, 0.25) is 0 Å². The van der Waals surface area contributed by atoms with Gasteiger partial charge in [0.15, 0.2) is 0 Å². The van der Waals surface area contributed by atoms with Crippen molar-refractivity contribution in [2.45, 2.75) is 38.6 Å². The van der Waals surface area contributed by atoms with E-state index in [9.17, 15) is 0 Å². The SMILES string of the molecule is COc1ccc(C)cc1CCCNC1CC1. The lowest BCUT2D eigenvalue weighted by atomic mass is 10.1. The highest BCUT2D eigenvalue weighted by atomic mass is 16.5. The maximum absolute atomic E-state index is 5.37. The van der Waals surface area contributed by atoms with Gasteiger partial charge in [0, 0.05) is 6.04 Å². The second-order valence-electron chi connectivity index (χ2n) is 4.65. The summed E-state index contributed by atoms with van der Waals surface area (Å²) in [5.74, 6) is 1.03. The van der Waals surface area contributed by atoms with Crippen LogP contribution in [0.5, 0.6) is 5.75 Å². The first-order valence-electron chi connectivity index (χ1n) is 6.16. The molecule has 0 aliphatic heterocycles. The first kappa shape index (κ1) is 11.5. The minimum absolute atomic E-state index is 0.819. The fourth-order valence-corrected chi connectivity index (χ4v) is 1.98. The van der Waals surface area contributed by atoms with Gasteiger partial charge in [0.1, 0.15) is 5.75 Å². The Kier molecular flexibility index (Phi) is 3.83. The molecule has 2 heteroatoms. The van der Waals surface area contributed by atoms with E-state index in [4.69, 9.17) is 4.74 Å². The molecule has 2 nitrogen and oxygen atoms in total. The first-order valence-corrected chi connectivity index (χ1v) is 6.16. The number of hydrogen-bond acceptors (Lipinski definition) is 2. The Morgan fingerprint density at radius 2 is 2.19 bits per heavy atom. The van der Waals surface area contributed by atoms with Crippen molar-refractivity contribution in [2.24, 2.45) is 0 Å². The Morgan fingerprint density at radius 3 is 2.88 bits per heavy atom. The minimum Gasteiger partial charge on any atom is -0.496 e. The summed E-state index contributed by atoms with van der Waals surface area (Å²) in [5, 5.41) is 3.54. The number of methoxy groups -OCH3 is 1. The fraction of sp³-hybridized carbons (Fsp3) is 0.571. The number of hydrogen-bond donors (Lipinski definition) is 1. The third kappa shape index (κ3) is 3.24. The van der Waals surface area contributed by atoms with E-state index in [0.717, 1.165) is 24.8 Å². The first-order chi connectivity index (χ1) is 7.79. The molecule has 1 aliphatic carbocycles. The van der Waals surface area contributed by atoms with E-state index in [-0.39, 0.29) is 0 Å². The van der Waals surface area contributed by atoms with E-state index < -0.39 is 0 Å². The maximum Gasteiger partial charge on any atom is 0.122 e. The van der Waals surface area contributed by atoms with Gasteiger partial charge in [0.25, 0.3) is 0 Å². The van der Waals surface area contributed by atoms with Crippen LogP contribution in [0.25, 0.3) is 0 Å². The highest BCUT2D eigenvalue weighted by Gasteiger charge is 2.19. The average Bonchev–Trinajstić information content (AvgIpc) is 3.08. The second kappa shape index (κ2) is 5.35. The molecular formula is C14H21NO. The Morgan fingerprint density at radius 1 is 1.38 bits per heavy atom. The van der Waals surface area contributed by atoms with Gasteiger partial charge in [-0.15, -0.1) is 0 Å². The van der Waals surface area contributed by atoms with E-state index in [0.29, 0.717) is 0 Å². The van der Waals surface area contributed by atoms with Crippen LogP contribution in [0.4, 0.5) is 0 Å².